The maximum absolute atomic E-state index is 11.8. The third kappa shape index (κ3) is 4.19. The maximum atomic E-state index is 11.8. The molecular formula is C13H11Cl2N3O. The van der Waals surface area contributed by atoms with E-state index in [0.717, 1.165) is 5.56 Å². The van der Waals surface area contributed by atoms with E-state index in [1.165, 1.54) is 6.33 Å². The molecule has 1 heterocycles. The van der Waals surface area contributed by atoms with Gasteiger partial charge in [0.1, 0.15) is 6.33 Å². The number of carbonyl (C=O) groups excluding carboxylic acids is 1. The first-order valence-electron chi connectivity index (χ1n) is 5.64. The van der Waals surface area contributed by atoms with Gasteiger partial charge in [0.25, 0.3) is 0 Å². The van der Waals surface area contributed by atoms with Gasteiger partial charge in [-0.15, -0.1) is 0 Å². The molecule has 0 saturated heterocycles. The highest BCUT2D eigenvalue weighted by molar-refractivity contribution is 6.35. The minimum Gasteiger partial charge on any atom is -0.325 e. The van der Waals surface area contributed by atoms with Crippen molar-refractivity contribution in [3.63, 3.8) is 0 Å². The largest absolute Gasteiger partial charge is 0.325 e. The van der Waals surface area contributed by atoms with Crippen molar-refractivity contribution in [2.75, 3.05) is 5.32 Å². The van der Waals surface area contributed by atoms with Crippen LogP contribution in [0.3, 0.4) is 0 Å². The first kappa shape index (κ1) is 13.8. The highest BCUT2D eigenvalue weighted by Crippen LogP contribution is 2.25. The standard InChI is InChI=1S/C13H11Cl2N3O/c14-10-2-3-11(15)12(5-10)18-13(19)4-1-9-6-16-8-17-7-9/h2-3,5-8H,1,4H2,(H,18,19). The lowest BCUT2D eigenvalue weighted by Gasteiger charge is -2.07. The lowest BCUT2D eigenvalue weighted by atomic mass is 10.2. The van der Waals surface area contributed by atoms with Gasteiger partial charge < -0.3 is 5.32 Å². The van der Waals surface area contributed by atoms with Crippen LogP contribution < -0.4 is 5.32 Å². The van der Waals surface area contributed by atoms with Crippen molar-refractivity contribution in [1.82, 2.24) is 9.97 Å². The van der Waals surface area contributed by atoms with Crippen molar-refractivity contribution < 1.29 is 4.79 Å². The van der Waals surface area contributed by atoms with Crippen LogP contribution in [0.4, 0.5) is 5.69 Å². The Hall–Kier alpha value is -1.65. The minimum atomic E-state index is -0.131. The molecule has 0 fully saturated rings. The Morgan fingerprint density at radius 2 is 1.95 bits per heavy atom. The first-order valence-corrected chi connectivity index (χ1v) is 6.39. The van der Waals surface area contributed by atoms with Crippen molar-refractivity contribution in [2.45, 2.75) is 12.8 Å². The van der Waals surface area contributed by atoms with E-state index in [1.807, 2.05) is 0 Å². The molecule has 0 unspecified atom stereocenters. The fourth-order valence-corrected chi connectivity index (χ4v) is 1.86. The predicted molar refractivity (Wildman–Crippen MR) is 75.4 cm³/mol. The van der Waals surface area contributed by atoms with E-state index in [1.54, 1.807) is 30.6 Å². The molecular weight excluding hydrogens is 285 g/mol. The van der Waals surface area contributed by atoms with E-state index in [-0.39, 0.29) is 5.91 Å². The molecule has 6 heteroatoms. The van der Waals surface area contributed by atoms with E-state index < -0.39 is 0 Å². The zero-order valence-electron chi connectivity index (χ0n) is 9.94. The van der Waals surface area contributed by atoms with Gasteiger partial charge >= 0.3 is 0 Å². The number of aromatic nitrogens is 2. The number of benzene rings is 1. The summed E-state index contributed by atoms with van der Waals surface area (Å²) in [6.07, 6.45) is 5.73. The fourth-order valence-electron chi connectivity index (χ4n) is 1.52. The summed E-state index contributed by atoms with van der Waals surface area (Å²) in [6, 6.07) is 4.93. The Balaban J connectivity index is 1.93. The average molecular weight is 296 g/mol. The number of nitrogens with zero attached hydrogens (tertiary/aromatic N) is 2. The SMILES string of the molecule is O=C(CCc1cncnc1)Nc1cc(Cl)ccc1Cl. The van der Waals surface area contributed by atoms with Gasteiger partial charge in [-0.05, 0) is 30.2 Å². The minimum absolute atomic E-state index is 0.131. The van der Waals surface area contributed by atoms with Crippen molar-refractivity contribution in [1.29, 1.82) is 0 Å². The zero-order chi connectivity index (χ0) is 13.7. The maximum Gasteiger partial charge on any atom is 0.224 e. The van der Waals surface area contributed by atoms with Crippen LogP contribution in [-0.4, -0.2) is 15.9 Å². The molecule has 0 spiro atoms. The fraction of sp³-hybridized carbons (Fsp3) is 0.154. The molecule has 0 aliphatic carbocycles. The third-order valence-electron chi connectivity index (χ3n) is 2.46. The number of amides is 1. The van der Waals surface area contributed by atoms with E-state index in [0.29, 0.717) is 28.6 Å². The van der Waals surface area contributed by atoms with Gasteiger partial charge in [-0.3, -0.25) is 4.79 Å². The van der Waals surface area contributed by atoms with Crippen LogP contribution in [0, 0.1) is 0 Å². The molecule has 1 aromatic carbocycles. The Morgan fingerprint density at radius 3 is 2.68 bits per heavy atom. The van der Waals surface area contributed by atoms with Gasteiger partial charge in [0.05, 0.1) is 10.7 Å². The summed E-state index contributed by atoms with van der Waals surface area (Å²) < 4.78 is 0. The number of hydrogen-bond acceptors (Lipinski definition) is 3. The number of nitrogens with one attached hydrogen (secondary N) is 1. The third-order valence-corrected chi connectivity index (χ3v) is 3.02. The van der Waals surface area contributed by atoms with Crippen molar-refractivity contribution in [3.8, 4) is 0 Å². The quantitative estimate of drug-likeness (QED) is 0.941. The number of hydrogen-bond donors (Lipinski definition) is 1. The Labute approximate surface area is 120 Å². The molecule has 0 aliphatic rings. The highest BCUT2D eigenvalue weighted by Gasteiger charge is 2.07. The second-order valence-electron chi connectivity index (χ2n) is 3.92. The molecule has 1 N–H and O–H groups in total. The molecule has 0 aliphatic heterocycles. The van der Waals surface area contributed by atoms with Crippen LogP contribution in [0.15, 0.2) is 36.9 Å². The van der Waals surface area contributed by atoms with Gasteiger partial charge in [0.15, 0.2) is 0 Å². The summed E-state index contributed by atoms with van der Waals surface area (Å²) in [5, 5.41) is 3.71. The number of carbonyl (C=O) groups is 1. The van der Waals surface area contributed by atoms with E-state index in [9.17, 15) is 4.79 Å². The molecule has 2 aromatic rings. The summed E-state index contributed by atoms with van der Waals surface area (Å²) >= 11 is 11.8. The van der Waals surface area contributed by atoms with Crippen molar-refractivity contribution in [3.05, 3.63) is 52.5 Å². The average Bonchev–Trinajstić information content (AvgIpc) is 2.42. The summed E-state index contributed by atoms with van der Waals surface area (Å²) in [5.41, 5.74) is 1.43. The lowest BCUT2D eigenvalue weighted by Crippen LogP contribution is -2.12. The molecule has 0 saturated carbocycles. The smallest absolute Gasteiger partial charge is 0.224 e. The van der Waals surface area contributed by atoms with Crippen LogP contribution in [0.5, 0.6) is 0 Å². The second-order valence-corrected chi connectivity index (χ2v) is 4.76. The molecule has 1 aromatic heterocycles. The number of halogens is 2. The first-order chi connectivity index (χ1) is 9.15. The van der Waals surface area contributed by atoms with E-state index in [2.05, 4.69) is 15.3 Å². The number of rotatable bonds is 4. The Bertz CT molecular complexity index is 575. The van der Waals surface area contributed by atoms with Crippen LogP contribution in [-0.2, 0) is 11.2 Å². The van der Waals surface area contributed by atoms with Crippen LogP contribution in [0.1, 0.15) is 12.0 Å². The molecule has 19 heavy (non-hydrogen) atoms. The molecule has 4 nitrogen and oxygen atoms in total. The van der Waals surface area contributed by atoms with E-state index in [4.69, 9.17) is 23.2 Å². The van der Waals surface area contributed by atoms with Crippen LogP contribution >= 0.6 is 23.2 Å². The van der Waals surface area contributed by atoms with Gasteiger partial charge in [0, 0.05) is 23.8 Å². The van der Waals surface area contributed by atoms with Gasteiger partial charge in [0.2, 0.25) is 5.91 Å². The molecule has 2 rings (SSSR count). The summed E-state index contributed by atoms with van der Waals surface area (Å²) in [5.74, 6) is -0.131. The van der Waals surface area contributed by atoms with E-state index >= 15 is 0 Å². The summed E-state index contributed by atoms with van der Waals surface area (Å²) in [4.78, 5) is 19.6. The van der Waals surface area contributed by atoms with Gasteiger partial charge in [-0.2, -0.15) is 0 Å². The topological polar surface area (TPSA) is 54.9 Å². The van der Waals surface area contributed by atoms with Crippen LogP contribution in [0.2, 0.25) is 10.0 Å². The number of anilines is 1. The van der Waals surface area contributed by atoms with Crippen molar-refractivity contribution in [2.24, 2.45) is 0 Å². The van der Waals surface area contributed by atoms with Crippen LogP contribution in [0.25, 0.3) is 0 Å². The lowest BCUT2D eigenvalue weighted by molar-refractivity contribution is -0.116. The monoisotopic (exact) mass is 295 g/mol. The molecule has 1 amide bonds. The van der Waals surface area contributed by atoms with Crippen molar-refractivity contribution >= 4 is 34.8 Å². The molecule has 98 valence electrons. The normalized spacial score (nSPS) is 10.2. The molecule has 0 radical (unpaired) electrons. The molecule has 0 bridgehead atoms. The summed E-state index contributed by atoms with van der Waals surface area (Å²) in [7, 11) is 0. The zero-order valence-corrected chi connectivity index (χ0v) is 11.4. The Morgan fingerprint density at radius 1 is 1.21 bits per heavy atom. The Kier molecular flexibility index (Phi) is 4.71. The predicted octanol–water partition coefficient (Wildman–Crippen LogP) is 3.35. The second kappa shape index (κ2) is 6.50. The van der Waals surface area contributed by atoms with Gasteiger partial charge in [-0.1, -0.05) is 23.2 Å². The highest BCUT2D eigenvalue weighted by atomic mass is 35.5. The number of aryl methyl sites for hydroxylation is 1. The molecule has 0 atom stereocenters. The van der Waals surface area contributed by atoms with Gasteiger partial charge in [-0.25, -0.2) is 9.97 Å². The summed E-state index contributed by atoms with van der Waals surface area (Å²) in [6.45, 7) is 0.